The van der Waals surface area contributed by atoms with Crippen molar-refractivity contribution in [3.8, 4) is 0 Å². The van der Waals surface area contributed by atoms with Crippen molar-refractivity contribution in [2.45, 2.75) is 6.54 Å². The predicted octanol–water partition coefficient (Wildman–Crippen LogP) is 5.42. The number of nitrogens with zero attached hydrogens (tertiary/aromatic N) is 1. The quantitative estimate of drug-likeness (QED) is 0.580. The van der Waals surface area contributed by atoms with Gasteiger partial charge in [0.05, 0.1) is 21.9 Å². The Bertz CT molecular complexity index is 558. The van der Waals surface area contributed by atoms with E-state index < -0.39 is 0 Å². The lowest BCUT2D eigenvalue weighted by atomic mass is 10.2. The van der Waals surface area contributed by atoms with Crippen LogP contribution in [0, 0.1) is 0 Å². The fourth-order valence-corrected chi connectivity index (χ4v) is 2.32. The maximum atomic E-state index is 6.11. The van der Waals surface area contributed by atoms with Gasteiger partial charge in [-0.2, -0.15) is 0 Å². The molecule has 0 fully saturated rings. The van der Waals surface area contributed by atoms with Gasteiger partial charge >= 0.3 is 0 Å². The number of nitrogens with one attached hydrogen (secondary N) is 1. The molecule has 1 heterocycles. The molecule has 2 aromatic rings. The monoisotopic (exact) mass is 364 g/mol. The number of aromatic nitrogens is 1. The Hall–Kier alpha value is -0.480. The van der Waals surface area contributed by atoms with Gasteiger partial charge in [0, 0.05) is 17.1 Å². The summed E-state index contributed by atoms with van der Waals surface area (Å²) in [5, 5.41) is 4.74. The summed E-state index contributed by atoms with van der Waals surface area (Å²) in [6.45, 7) is 0.488. The molecule has 2 rings (SSSR count). The summed E-state index contributed by atoms with van der Waals surface area (Å²) >= 11 is 21.4. The summed E-state index contributed by atoms with van der Waals surface area (Å²) in [7, 11) is 0. The van der Waals surface area contributed by atoms with Crippen molar-refractivity contribution in [3.63, 3.8) is 0 Å². The van der Waals surface area contributed by atoms with Gasteiger partial charge in [-0.3, -0.25) is 0 Å². The summed E-state index contributed by atoms with van der Waals surface area (Å²) < 4.78 is 0.784. The summed E-state index contributed by atoms with van der Waals surface area (Å²) in [6, 6.07) is 7.16. The Morgan fingerprint density at radius 1 is 1.06 bits per heavy atom. The van der Waals surface area contributed by atoms with E-state index in [0.29, 0.717) is 21.6 Å². The third-order valence-corrected chi connectivity index (χ3v) is 4.00. The van der Waals surface area contributed by atoms with E-state index in [1.54, 1.807) is 18.3 Å². The summed E-state index contributed by atoms with van der Waals surface area (Å²) in [6.07, 6.45) is 1.72. The lowest BCUT2D eigenvalue weighted by Crippen LogP contribution is -2.01. The van der Waals surface area contributed by atoms with Gasteiger partial charge in [-0.15, -0.1) is 0 Å². The molecule has 0 saturated heterocycles. The SMILES string of the molecule is Clc1ccc(Cl)c(CNc2ccc(Br)nc2)c1Cl. The van der Waals surface area contributed by atoms with E-state index >= 15 is 0 Å². The van der Waals surface area contributed by atoms with Crippen LogP contribution in [0.4, 0.5) is 5.69 Å². The normalized spacial score (nSPS) is 10.4. The van der Waals surface area contributed by atoms with Crippen LogP contribution in [-0.4, -0.2) is 4.98 Å². The second-order valence-electron chi connectivity index (χ2n) is 3.54. The molecule has 0 aliphatic rings. The maximum Gasteiger partial charge on any atom is 0.106 e. The number of benzene rings is 1. The van der Waals surface area contributed by atoms with E-state index in [4.69, 9.17) is 34.8 Å². The van der Waals surface area contributed by atoms with Crippen molar-refractivity contribution < 1.29 is 0 Å². The first-order valence-electron chi connectivity index (χ1n) is 5.05. The van der Waals surface area contributed by atoms with Crippen LogP contribution in [0.15, 0.2) is 35.1 Å². The molecule has 0 spiro atoms. The second kappa shape index (κ2) is 6.11. The Labute approximate surface area is 128 Å². The number of hydrogen-bond donors (Lipinski definition) is 1. The minimum atomic E-state index is 0.474. The molecule has 94 valence electrons. The highest BCUT2D eigenvalue weighted by molar-refractivity contribution is 9.10. The predicted molar refractivity (Wildman–Crippen MR) is 80.7 cm³/mol. The molecule has 1 aromatic carbocycles. The molecule has 0 unspecified atom stereocenters. The van der Waals surface area contributed by atoms with Crippen molar-refractivity contribution in [3.05, 3.63) is 55.7 Å². The van der Waals surface area contributed by atoms with E-state index in [9.17, 15) is 0 Å². The van der Waals surface area contributed by atoms with E-state index in [1.165, 1.54) is 0 Å². The van der Waals surface area contributed by atoms with Gasteiger partial charge in [-0.25, -0.2) is 4.98 Å². The molecule has 0 atom stereocenters. The summed E-state index contributed by atoms with van der Waals surface area (Å²) in [5.74, 6) is 0. The van der Waals surface area contributed by atoms with E-state index in [0.717, 1.165) is 15.9 Å². The second-order valence-corrected chi connectivity index (χ2v) is 5.55. The molecule has 6 heteroatoms. The van der Waals surface area contributed by atoms with Gasteiger partial charge in [0.15, 0.2) is 0 Å². The molecule has 0 saturated carbocycles. The van der Waals surface area contributed by atoms with Gasteiger partial charge in [-0.05, 0) is 40.2 Å². The Balaban J connectivity index is 2.15. The highest BCUT2D eigenvalue weighted by Crippen LogP contribution is 2.31. The van der Waals surface area contributed by atoms with Gasteiger partial charge in [0.2, 0.25) is 0 Å². The lowest BCUT2D eigenvalue weighted by Gasteiger charge is -2.10. The molecule has 0 radical (unpaired) electrons. The zero-order valence-electron chi connectivity index (χ0n) is 9.05. The van der Waals surface area contributed by atoms with E-state index in [2.05, 4.69) is 26.2 Å². The fraction of sp³-hybridized carbons (Fsp3) is 0.0833. The van der Waals surface area contributed by atoms with Crippen molar-refractivity contribution in [1.82, 2.24) is 4.98 Å². The van der Waals surface area contributed by atoms with Crippen LogP contribution >= 0.6 is 50.7 Å². The van der Waals surface area contributed by atoms with Crippen LogP contribution < -0.4 is 5.32 Å². The van der Waals surface area contributed by atoms with Gasteiger partial charge in [-0.1, -0.05) is 34.8 Å². The van der Waals surface area contributed by atoms with Gasteiger partial charge in [0.1, 0.15) is 4.60 Å². The Morgan fingerprint density at radius 2 is 1.78 bits per heavy atom. The minimum Gasteiger partial charge on any atom is -0.380 e. The van der Waals surface area contributed by atoms with E-state index in [1.807, 2.05) is 12.1 Å². The van der Waals surface area contributed by atoms with Crippen LogP contribution in [0.2, 0.25) is 15.1 Å². The first-order chi connectivity index (χ1) is 8.58. The Kier molecular flexibility index (Phi) is 4.73. The number of pyridine rings is 1. The van der Waals surface area contributed by atoms with Crippen LogP contribution in [-0.2, 0) is 6.54 Å². The molecule has 0 amide bonds. The zero-order valence-corrected chi connectivity index (χ0v) is 12.9. The summed E-state index contributed by atoms with van der Waals surface area (Å²) in [4.78, 5) is 4.12. The Morgan fingerprint density at radius 3 is 2.44 bits per heavy atom. The average Bonchev–Trinajstić information content (AvgIpc) is 2.36. The first kappa shape index (κ1) is 13.9. The number of hydrogen-bond acceptors (Lipinski definition) is 2. The molecular formula is C12H8BrCl3N2. The maximum absolute atomic E-state index is 6.11. The molecule has 2 nitrogen and oxygen atoms in total. The van der Waals surface area contributed by atoms with Gasteiger partial charge < -0.3 is 5.32 Å². The number of anilines is 1. The third kappa shape index (κ3) is 3.29. The van der Waals surface area contributed by atoms with Crippen LogP contribution in [0.3, 0.4) is 0 Å². The molecule has 1 aromatic heterocycles. The molecule has 1 N–H and O–H groups in total. The smallest absolute Gasteiger partial charge is 0.106 e. The molecule has 0 bridgehead atoms. The van der Waals surface area contributed by atoms with E-state index in [-0.39, 0.29) is 0 Å². The van der Waals surface area contributed by atoms with Gasteiger partial charge in [0.25, 0.3) is 0 Å². The standard InChI is InChI=1S/C12H8BrCl3N2/c13-11-4-1-7(5-18-11)17-6-8-9(14)2-3-10(15)12(8)16/h1-5,17H,6H2. The highest BCUT2D eigenvalue weighted by atomic mass is 79.9. The van der Waals surface area contributed by atoms with Crippen LogP contribution in [0.1, 0.15) is 5.56 Å². The topological polar surface area (TPSA) is 24.9 Å². The third-order valence-electron chi connectivity index (χ3n) is 2.34. The van der Waals surface area contributed by atoms with Crippen molar-refractivity contribution in [2.75, 3.05) is 5.32 Å². The van der Waals surface area contributed by atoms with Crippen molar-refractivity contribution in [1.29, 1.82) is 0 Å². The lowest BCUT2D eigenvalue weighted by molar-refractivity contribution is 1.13. The minimum absolute atomic E-state index is 0.474. The number of rotatable bonds is 3. The zero-order chi connectivity index (χ0) is 13.1. The molecule has 0 aliphatic carbocycles. The van der Waals surface area contributed by atoms with Crippen molar-refractivity contribution in [2.24, 2.45) is 0 Å². The number of halogens is 4. The van der Waals surface area contributed by atoms with Crippen molar-refractivity contribution >= 4 is 56.4 Å². The van der Waals surface area contributed by atoms with Crippen LogP contribution in [0.25, 0.3) is 0 Å². The molecular weight excluding hydrogens is 358 g/mol. The first-order valence-corrected chi connectivity index (χ1v) is 6.98. The molecule has 0 aliphatic heterocycles. The highest BCUT2D eigenvalue weighted by Gasteiger charge is 2.09. The largest absolute Gasteiger partial charge is 0.380 e. The molecule has 18 heavy (non-hydrogen) atoms. The van der Waals surface area contributed by atoms with Crippen LogP contribution in [0.5, 0.6) is 0 Å². The summed E-state index contributed by atoms with van der Waals surface area (Å²) in [5.41, 5.74) is 1.65. The average molecular weight is 366 g/mol. The fourth-order valence-electron chi connectivity index (χ4n) is 1.40.